The van der Waals surface area contributed by atoms with Crippen LogP contribution >= 0.6 is 0 Å². The molecule has 0 bridgehead atoms. The van der Waals surface area contributed by atoms with Crippen LogP contribution in [0.15, 0.2) is 35.4 Å². The van der Waals surface area contributed by atoms with Crippen LogP contribution in [0.3, 0.4) is 0 Å². The summed E-state index contributed by atoms with van der Waals surface area (Å²) in [5.74, 6) is 2.57. The molecule has 0 amide bonds. The van der Waals surface area contributed by atoms with Crippen LogP contribution in [0, 0.1) is 0 Å². The first kappa shape index (κ1) is 15.9. The number of hydrogen-bond donors (Lipinski definition) is 0. The fourth-order valence-electron chi connectivity index (χ4n) is 3.29. The van der Waals surface area contributed by atoms with Crippen molar-refractivity contribution in [1.29, 1.82) is 0 Å². The molecule has 0 radical (unpaired) electrons. The van der Waals surface area contributed by atoms with Gasteiger partial charge in [-0.1, -0.05) is 5.16 Å². The molecule has 0 N–H and O–H groups in total. The summed E-state index contributed by atoms with van der Waals surface area (Å²) in [5, 5.41) is 8.37. The maximum absolute atomic E-state index is 5.54. The molecule has 8 nitrogen and oxygen atoms in total. The molecule has 1 fully saturated rings. The topological polar surface area (TPSA) is 85.8 Å². The van der Waals surface area contributed by atoms with E-state index in [9.17, 15) is 0 Å². The second-order valence-corrected chi connectivity index (χ2v) is 6.26. The Bertz CT molecular complexity index is 813. The number of piperidine rings is 1. The minimum absolute atomic E-state index is 0.254. The van der Waals surface area contributed by atoms with Gasteiger partial charge in [-0.25, -0.2) is 9.67 Å². The summed E-state index contributed by atoms with van der Waals surface area (Å²) in [6.07, 6.45) is 7.28. The molecule has 3 aromatic rings. The summed E-state index contributed by atoms with van der Waals surface area (Å²) in [4.78, 5) is 15.5. The van der Waals surface area contributed by atoms with E-state index in [4.69, 9.17) is 4.52 Å². The molecule has 0 aliphatic carbocycles. The Labute approximate surface area is 145 Å². The van der Waals surface area contributed by atoms with Gasteiger partial charge in [-0.15, -0.1) is 0 Å². The number of nitrogens with zero attached hydrogens (tertiary/aromatic N) is 7. The lowest BCUT2D eigenvalue weighted by molar-refractivity contribution is 0.174. The highest BCUT2D eigenvalue weighted by molar-refractivity contribution is 5.51. The second-order valence-electron chi connectivity index (χ2n) is 6.26. The van der Waals surface area contributed by atoms with Crippen molar-refractivity contribution in [2.45, 2.75) is 38.8 Å². The van der Waals surface area contributed by atoms with Gasteiger partial charge in [-0.05, 0) is 38.4 Å². The quantitative estimate of drug-likeness (QED) is 0.704. The summed E-state index contributed by atoms with van der Waals surface area (Å²) < 4.78 is 7.48. The van der Waals surface area contributed by atoms with Crippen LogP contribution in [0.2, 0.25) is 0 Å². The molecule has 1 atom stereocenters. The molecule has 1 aliphatic heterocycles. The van der Waals surface area contributed by atoms with Crippen LogP contribution in [-0.2, 0) is 13.1 Å². The third-order valence-corrected chi connectivity index (χ3v) is 4.58. The fourth-order valence-corrected chi connectivity index (χ4v) is 3.29. The standard InChI is InChI=1S/C17H21N7O/c1-2-24-15(19-12-20-24)11-23-8-4-6-14(10-23)17-21-16(22-25-17)13-5-3-7-18-9-13/h3,5,7,9,12,14H,2,4,6,8,10-11H2,1H3. The molecular weight excluding hydrogens is 318 g/mol. The van der Waals surface area contributed by atoms with Crippen molar-refractivity contribution < 1.29 is 4.52 Å². The SMILES string of the molecule is CCn1ncnc1CN1CCCC(c2nc(-c3cccnc3)no2)C1. The van der Waals surface area contributed by atoms with E-state index in [1.54, 1.807) is 18.7 Å². The van der Waals surface area contributed by atoms with Crippen molar-refractivity contribution in [3.05, 3.63) is 42.6 Å². The van der Waals surface area contributed by atoms with Gasteiger partial charge in [0.25, 0.3) is 0 Å². The van der Waals surface area contributed by atoms with Crippen molar-refractivity contribution in [2.24, 2.45) is 0 Å². The molecule has 130 valence electrons. The highest BCUT2D eigenvalue weighted by atomic mass is 16.5. The Hall–Kier alpha value is -2.61. The molecule has 0 saturated carbocycles. The molecule has 8 heteroatoms. The summed E-state index contributed by atoms with van der Waals surface area (Å²) >= 11 is 0. The lowest BCUT2D eigenvalue weighted by atomic mass is 9.98. The van der Waals surface area contributed by atoms with Gasteiger partial charge in [0.05, 0.1) is 12.5 Å². The summed E-state index contributed by atoms with van der Waals surface area (Å²) in [6.45, 7) is 5.66. The normalized spacial score (nSPS) is 18.5. The van der Waals surface area contributed by atoms with Gasteiger partial charge in [0, 0.05) is 31.0 Å². The Morgan fingerprint density at radius 3 is 3.16 bits per heavy atom. The molecule has 4 rings (SSSR count). The van der Waals surface area contributed by atoms with Crippen LogP contribution in [0.4, 0.5) is 0 Å². The summed E-state index contributed by atoms with van der Waals surface area (Å²) in [7, 11) is 0. The van der Waals surface area contributed by atoms with Gasteiger partial charge in [-0.3, -0.25) is 9.88 Å². The summed E-state index contributed by atoms with van der Waals surface area (Å²) in [5.41, 5.74) is 0.876. The minimum atomic E-state index is 0.254. The van der Waals surface area contributed by atoms with Gasteiger partial charge in [0.1, 0.15) is 12.2 Å². The van der Waals surface area contributed by atoms with Gasteiger partial charge in [0.2, 0.25) is 11.7 Å². The average Bonchev–Trinajstić information content (AvgIpc) is 3.32. The average molecular weight is 339 g/mol. The zero-order chi connectivity index (χ0) is 17.1. The van der Waals surface area contributed by atoms with Crippen LogP contribution in [0.5, 0.6) is 0 Å². The predicted molar refractivity (Wildman–Crippen MR) is 90.5 cm³/mol. The lowest BCUT2D eigenvalue weighted by Crippen LogP contribution is -2.35. The Kier molecular flexibility index (Phi) is 4.51. The van der Waals surface area contributed by atoms with Gasteiger partial charge in [-0.2, -0.15) is 10.1 Å². The number of hydrogen-bond acceptors (Lipinski definition) is 7. The maximum Gasteiger partial charge on any atom is 0.231 e. The third-order valence-electron chi connectivity index (χ3n) is 4.58. The van der Waals surface area contributed by atoms with Crippen LogP contribution < -0.4 is 0 Å². The largest absolute Gasteiger partial charge is 0.339 e. The first-order chi connectivity index (χ1) is 12.3. The van der Waals surface area contributed by atoms with E-state index in [1.165, 1.54) is 0 Å². The highest BCUT2D eigenvalue weighted by Crippen LogP contribution is 2.28. The van der Waals surface area contributed by atoms with E-state index in [2.05, 4.69) is 37.0 Å². The minimum Gasteiger partial charge on any atom is -0.339 e. The van der Waals surface area contributed by atoms with Gasteiger partial charge < -0.3 is 4.52 Å². The Morgan fingerprint density at radius 1 is 1.36 bits per heavy atom. The fraction of sp³-hybridized carbons (Fsp3) is 0.471. The van der Waals surface area contributed by atoms with E-state index in [0.717, 1.165) is 50.4 Å². The second kappa shape index (κ2) is 7.10. The predicted octanol–water partition coefficient (Wildman–Crippen LogP) is 2.12. The number of likely N-dealkylation sites (tertiary alicyclic amines) is 1. The molecule has 1 unspecified atom stereocenters. The Balaban J connectivity index is 1.45. The number of rotatable bonds is 5. The van der Waals surface area contributed by atoms with Crippen molar-refractivity contribution in [2.75, 3.05) is 13.1 Å². The van der Waals surface area contributed by atoms with Gasteiger partial charge in [0.15, 0.2) is 0 Å². The molecule has 4 heterocycles. The number of aromatic nitrogens is 6. The number of pyridine rings is 1. The highest BCUT2D eigenvalue weighted by Gasteiger charge is 2.27. The molecule has 0 spiro atoms. The summed E-state index contributed by atoms with van der Waals surface area (Å²) in [6, 6.07) is 3.81. The van der Waals surface area contributed by atoms with E-state index < -0.39 is 0 Å². The van der Waals surface area contributed by atoms with Crippen molar-refractivity contribution >= 4 is 0 Å². The molecule has 3 aromatic heterocycles. The van der Waals surface area contributed by atoms with E-state index in [-0.39, 0.29) is 5.92 Å². The zero-order valence-electron chi connectivity index (χ0n) is 14.2. The van der Waals surface area contributed by atoms with Crippen molar-refractivity contribution in [1.82, 2.24) is 34.8 Å². The first-order valence-corrected chi connectivity index (χ1v) is 8.66. The first-order valence-electron chi connectivity index (χ1n) is 8.66. The molecule has 0 aromatic carbocycles. The number of aryl methyl sites for hydroxylation is 1. The van der Waals surface area contributed by atoms with Gasteiger partial charge >= 0.3 is 0 Å². The van der Waals surface area contributed by atoms with Crippen LogP contribution in [0.1, 0.15) is 37.4 Å². The van der Waals surface area contributed by atoms with E-state index >= 15 is 0 Å². The molecular formula is C17H21N7O. The molecule has 1 aliphatic rings. The van der Waals surface area contributed by atoms with Crippen molar-refractivity contribution in [3.63, 3.8) is 0 Å². The third kappa shape index (κ3) is 3.43. The molecule has 25 heavy (non-hydrogen) atoms. The monoisotopic (exact) mass is 339 g/mol. The van der Waals surface area contributed by atoms with Crippen LogP contribution in [-0.4, -0.2) is 47.9 Å². The zero-order valence-corrected chi connectivity index (χ0v) is 14.2. The molecule has 1 saturated heterocycles. The van der Waals surface area contributed by atoms with E-state index in [1.807, 2.05) is 16.8 Å². The maximum atomic E-state index is 5.54. The Morgan fingerprint density at radius 2 is 2.32 bits per heavy atom. The van der Waals surface area contributed by atoms with Crippen LogP contribution in [0.25, 0.3) is 11.4 Å². The smallest absolute Gasteiger partial charge is 0.231 e. The lowest BCUT2D eigenvalue weighted by Gasteiger charge is -2.30. The van der Waals surface area contributed by atoms with Crippen molar-refractivity contribution in [3.8, 4) is 11.4 Å². The van der Waals surface area contributed by atoms with E-state index in [0.29, 0.717) is 11.7 Å².